The van der Waals surface area contributed by atoms with Crippen LogP contribution in [0.3, 0.4) is 0 Å². The lowest BCUT2D eigenvalue weighted by atomic mass is 10.1. The molecule has 0 saturated carbocycles. The van der Waals surface area contributed by atoms with Gasteiger partial charge in [0.25, 0.3) is 5.82 Å². The summed E-state index contributed by atoms with van der Waals surface area (Å²) in [6.45, 7) is 1.89. The molecule has 25 heavy (non-hydrogen) atoms. The van der Waals surface area contributed by atoms with Gasteiger partial charge >= 0.3 is 6.18 Å². The smallest absolute Gasteiger partial charge is 0.203 e. The van der Waals surface area contributed by atoms with Crippen molar-refractivity contribution in [2.45, 2.75) is 13.1 Å². The monoisotopic (exact) mass is 359 g/mol. The van der Waals surface area contributed by atoms with Crippen molar-refractivity contribution in [3.63, 3.8) is 0 Å². The minimum absolute atomic E-state index is 0.180. The van der Waals surface area contributed by atoms with Crippen LogP contribution in [0, 0.1) is 6.92 Å². The zero-order chi connectivity index (χ0) is 17.6. The fourth-order valence-corrected chi connectivity index (χ4v) is 3.48. The van der Waals surface area contributed by atoms with Gasteiger partial charge in [-0.15, -0.1) is 16.4 Å². The van der Waals surface area contributed by atoms with E-state index >= 15 is 0 Å². The summed E-state index contributed by atoms with van der Waals surface area (Å²) in [7, 11) is 0. The van der Waals surface area contributed by atoms with Crippen LogP contribution in [0.15, 0.2) is 53.9 Å². The standard InChI is InChI=1S/C18H12F3N3S/c1-11-8-15(25-10-11)24-16(22-17(23-24)18(19,20)21)14-7-6-12-4-2-3-5-13(12)9-14/h2-10H,1H3. The number of hydrogen-bond acceptors (Lipinski definition) is 3. The fraction of sp³-hybridized carbons (Fsp3) is 0.111. The summed E-state index contributed by atoms with van der Waals surface area (Å²) in [5.74, 6) is -0.957. The Morgan fingerprint density at radius 2 is 1.76 bits per heavy atom. The summed E-state index contributed by atoms with van der Waals surface area (Å²) >= 11 is 1.33. The van der Waals surface area contributed by atoms with Crippen molar-refractivity contribution in [1.82, 2.24) is 14.8 Å². The van der Waals surface area contributed by atoms with Crippen LogP contribution in [0.2, 0.25) is 0 Å². The van der Waals surface area contributed by atoms with Crippen molar-refractivity contribution in [2.24, 2.45) is 0 Å². The number of thiophene rings is 1. The second kappa shape index (κ2) is 5.70. The lowest BCUT2D eigenvalue weighted by Gasteiger charge is -2.05. The van der Waals surface area contributed by atoms with Gasteiger partial charge in [-0.3, -0.25) is 0 Å². The summed E-state index contributed by atoms with van der Waals surface area (Å²) in [6, 6.07) is 14.9. The van der Waals surface area contributed by atoms with E-state index in [-0.39, 0.29) is 5.82 Å². The molecule has 2 heterocycles. The van der Waals surface area contributed by atoms with Gasteiger partial charge in [-0.2, -0.15) is 13.2 Å². The number of aryl methyl sites for hydroxylation is 1. The molecule has 0 aliphatic rings. The van der Waals surface area contributed by atoms with Gasteiger partial charge in [-0.25, -0.2) is 9.67 Å². The van der Waals surface area contributed by atoms with Crippen LogP contribution in [0.1, 0.15) is 11.4 Å². The third kappa shape index (κ3) is 2.91. The zero-order valence-electron chi connectivity index (χ0n) is 13.1. The molecule has 126 valence electrons. The molecule has 4 rings (SSSR count). The van der Waals surface area contributed by atoms with E-state index in [2.05, 4.69) is 10.1 Å². The van der Waals surface area contributed by atoms with Crippen molar-refractivity contribution >= 4 is 22.1 Å². The SMILES string of the molecule is Cc1csc(-n2nc(C(F)(F)F)nc2-c2ccc3ccccc3c2)c1. The maximum atomic E-state index is 13.1. The minimum atomic E-state index is -4.59. The highest BCUT2D eigenvalue weighted by Crippen LogP contribution is 2.32. The predicted molar refractivity (Wildman–Crippen MR) is 91.9 cm³/mol. The normalized spacial score (nSPS) is 12.0. The highest BCUT2D eigenvalue weighted by Gasteiger charge is 2.37. The van der Waals surface area contributed by atoms with Crippen LogP contribution in [-0.4, -0.2) is 14.8 Å². The Morgan fingerprint density at radius 3 is 2.44 bits per heavy atom. The average Bonchev–Trinajstić information content (AvgIpc) is 3.20. The van der Waals surface area contributed by atoms with Gasteiger partial charge in [0.2, 0.25) is 0 Å². The third-order valence-corrected chi connectivity index (χ3v) is 4.82. The van der Waals surface area contributed by atoms with Gasteiger partial charge in [0, 0.05) is 5.56 Å². The van der Waals surface area contributed by atoms with E-state index in [0.29, 0.717) is 10.6 Å². The molecule has 3 nitrogen and oxygen atoms in total. The number of alkyl halides is 3. The first-order chi connectivity index (χ1) is 11.9. The highest BCUT2D eigenvalue weighted by atomic mass is 32.1. The third-order valence-electron chi connectivity index (χ3n) is 3.79. The maximum Gasteiger partial charge on any atom is 0.453 e. The molecule has 0 aliphatic heterocycles. The topological polar surface area (TPSA) is 30.7 Å². The van der Waals surface area contributed by atoms with Crippen LogP contribution in [0.5, 0.6) is 0 Å². The lowest BCUT2D eigenvalue weighted by molar-refractivity contribution is -0.144. The quantitative estimate of drug-likeness (QED) is 0.475. The first-order valence-electron chi connectivity index (χ1n) is 7.51. The van der Waals surface area contributed by atoms with Crippen LogP contribution in [0.25, 0.3) is 27.2 Å². The number of halogens is 3. The number of aromatic nitrogens is 3. The lowest BCUT2D eigenvalue weighted by Crippen LogP contribution is -2.08. The first-order valence-corrected chi connectivity index (χ1v) is 8.39. The van der Waals surface area contributed by atoms with Crippen molar-refractivity contribution in [1.29, 1.82) is 0 Å². The van der Waals surface area contributed by atoms with Gasteiger partial charge < -0.3 is 0 Å². The largest absolute Gasteiger partial charge is 0.453 e. The van der Waals surface area contributed by atoms with E-state index in [1.807, 2.05) is 48.7 Å². The molecular weight excluding hydrogens is 347 g/mol. The Bertz CT molecular complexity index is 1060. The van der Waals surface area contributed by atoms with E-state index < -0.39 is 12.0 Å². The summed E-state index contributed by atoms with van der Waals surface area (Å²) in [5, 5.41) is 8.13. The Balaban J connectivity index is 1.93. The number of benzene rings is 2. The number of hydrogen-bond donors (Lipinski definition) is 0. The molecule has 7 heteroatoms. The van der Waals surface area contributed by atoms with E-state index in [4.69, 9.17) is 0 Å². The second-order valence-electron chi connectivity index (χ2n) is 5.69. The molecule has 2 aromatic heterocycles. The van der Waals surface area contributed by atoms with Gasteiger partial charge in [0.05, 0.1) is 0 Å². The van der Waals surface area contributed by atoms with Gasteiger partial charge in [0.15, 0.2) is 5.82 Å². The first kappa shape index (κ1) is 15.8. The number of fused-ring (bicyclic) bond motifs is 1. The fourth-order valence-electron chi connectivity index (χ4n) is 2.63. The van der Waals surface area contributed by atoms with E-state index in [9.17, 15) is 13.2 Å². The average molecular weight is 359 g/mol. The molecule has 0 unspecified atom stereocenters. The number of rotatable bonds is 2. The van der Waals surface area contributed by atoms with Gasteiger partial charge in [0.1, 0.15) is 5.00 Å². The van der Waals surface area contributed by atoms with E-state index in [1.54, 1.807) is 12.1 Å². The van der Waals surface area contributed by atoms with Crippen LogP contribution in [-0.2, 0) is 6.18 Å². The van der Waals surface area contributed by atoms with E-state index in [1.165, 1.54) is 16.0 Å². The van der Waals surface area contributed by atoms with Crippen molar-refractivity contribution in [2.75, 3.05) is 0 Å². The van der Waals surface area contributed by atoms with E-state index in [0.717, 1.165) is 16.3 Å². The van der Waals surface area contributed by atoms with Crippen LogP contribution in [0.4, 0.5) is 13.2 Å². The van der Waals surface area contributed by atoms with Crippen LogP contribution >= 0.6 is 11.3 Å². The predicted octanol–water partition coefficient (Wildman–Crippen LogP) is 5.48. The molecule has 0 saturated heterocycles. The van der Waals surface area contributed by atoms with Gasteiger partial charge in [-0.05, 0) is 40.8 Å². The Hall–Kier alpha value is -2.67. The summed E-state index contributed by atoms with van der Waals surface area (Å²) in [6.07, 6.45) is -4.59. The van der Waals surface area contributed by atoms with Crippen molar-refractivity contribution in [3.05, 3.63) is 65.3 Å². The molecule has 0 aliphatic carbocycles. The molecule has 0 radical (unpaired) electrons. The zero-order valence-corrected chi connectivity index (χ0v) is 13.9. The molecule has 0 atom stereocenters. The Morgan fingerprint density at radius 1 is 1.00 bits per heavy atom. The summed E-state index contributed by atoms with van der Waals surface area (Å²) < 4.78 is 40.7. The van der Waals surface area contributed by atoms with Crippen molar-refractivity contribution < 1.29 is 13.2 Å². The molecule has 0 bridgehead atoms. The summed E-state index contributed by atoms with van der Waals surface area (Å²) in [4.78, 5) is 3.78. The minimum Gasteiger partial charge on any atom is -0.203 e. The molecule has 0 spiro atoms. The molecule has 0 N–H and O–H groups in total. The van der Waals surface area contributed by atoms with Gasteiger partial charge in [-0.1, -0.05) is 36.4 Å². The molecule has 2 aromatic carbocycles. The Kier molecular flexibility index (Phi) is 3.61. The second-order valence-corrected chi connectivity index (χ2v) is 6.58. The van der Waals surface area contributed by atoms with Crippen molar-refractivity contribution in [3.8, 4) is 16.4 Å². The Labute approximate surface area is 145 Å². The highest BCUT2D eigenvalue weighted by molar-refractivity contribution is 7.12. The number of nitrogens with zero attached hydrogens (tertiary/aromatic N) is 3. The molecule has 0 amide bonds. The summed E-state index contributed by atoms with van der Waals surface area (Å²) in [5.41, 5.74) is 1.56. The molecule has 4 aromatic rings. The molecule has 0 fully saturated rings. The maximum absolute atomic E-state index is 13.1. The molecular formula is C18H12F3N3S. The van der Waals surface area contributed by atoms with Crippen LogP contribution < -0.4 is 0 Å².